The SMILES string of the molecule is Cc1ccccc1-n1c(=O)c2ccccc2n2c(SCc3noc(-c4ccc(F)cc4)n3)nnc12. The van der Waals surface area contributed by atoms with E-state index < -0.39 is 0 Å². The topological polar surface area (TPSA) is 91.1 Å². The van der Waals surface area contributed by atoms with Gasteiger partial charge in [-0.25, -0.2) is 8.96 Å². The molecule has 0 fully saturated rings. The molecule has 0 bridgehead atoms. The van der Waals surface area contributed by atoms with Gasteiger partial charge in [0, 0.05) is 5.56 Å². The molecule has 0 N–H and O–H groups in total. The summed E-state index contributed by atoms with van der Waals surface area (Å²) in [6.45, 7) is 1.95. The Hall–Kier alpha value is -4.31. The summed E-state index contributed by atoms with van der Waals surface area (Å²) in [5.74, 6) is 1.22. The minimum Gasteiger partial charge on any atom is -0.334 e. The highest BCUT2D eigenvalue weighted by atomic mass is 32.2. The summed E-state index contributed by atoms with van der Waals surface area (Å²) in [5, 5.41) is 13.9. The van der Waals surface area contributed by atoms with Crippen molar-refractivity contribution < 1.29 is 8.91 Å². The molecule has 0 aliphatic rings. The molecule has 6 rings (SSSR count). The lowest BCUT2D eigenvalue weighted by atomic mass is 10.2. The van der Waals surface area contributed by atoms with E-state index in [9.17, 15) is 9.18 Å². The summed E-state index contributed by atoms with van der Waals surface area (Å²) in [4.78, 5) is 17.9. The Balaban J connectivity index is 1.42. The Morgan fingerprint density at radius 1 is 0.971 bits per heavy atom. The molecule has 6 aromatic rings. The summed E-state index contributed by atoms with van der Waals surface area (Å²) in [7, 11) is 0. The van der Waals surface area contributed by atoms with Gasteiger partial charge in [-0.05, 0) is 55.0 Å². The summed E-state index contributed by atoms with van der Waals surface area (Å²) in [5.41, 5.74) is 2.89. The molecule has 0 spiro atoms. The molecule has 3 aromatic heterocycles. The number of benzene rings is 3. The fraction of sp³-hybridized carbons (Fsp3) is 0.0800. The van der Waals surface area contributed by atoms with Crippen LogP contribution in [0.15, 0.2) is 87.3 Å². The van der Waals surface area contributed by atoms with Crippen LogP contribution in [0.1, 0.15) is 11.4 Å². The number of aromatic nitrogens is 6. The fourth-order valence-corrected chi connectivity index (χ4v) is 4.74. The average molecular weight is 485 g/mol. The minimum absolute atomic E-state index is 0.159. The van der Waals surface area contributed by atoms with E-state index in [4.69, 9.17) is 4.52 Å². The normalized spacial score (nSPS) is 11.5. The van der Waals surface area contributed by atoms with Gasteiger partial charge in [0.25, 0.3) is 11.4 Å². The molecule has 0 radical (unpaired) electrons. The van der Waals surface area contributed by atoms with E-state index in [1.807, 2.05) is 53.8 Å². The van der Waals surface area contributed by atoms with Gasteiger partial charge in [0.05, 0.1) is 22.3 Å². The molecule has 10 heteroatoms. The molecule has 0 unspecified atom stereocenters. The number of hydrogen-bond donors (Lipinski definition) is 0. The average Bonchev–Trinajstić information content (AvgIpc) is 3.52. The third-order valence-electron chi connectivity index (χ3n) is 5.64. The molecule has 0 aliphatic heterocycles. The van der Waals surface area contributed by atoms with Crippen molar-refractivity contribution in [3.63, 3.8) is 0 Å². The lowest BCUT2D eigenvalue weighted by Gasteiger charge is -2.13. The monoisotopic (exact) mass is 484 g/mol. The zero-order valence-corrected chi connectivity index (χ0v) is 19.2. The van der Waals surface area contributed by atoms with Gasteiger partial charge in [0.1, 0.15) is 5.82 Å². The van der Waals surface area contributed by atoms with Crippen LogP contribution in [-0.2, 0) is 5.75 Å². The highest BCUT2D eigenvalue weighted by Gasteiger charge is 2.19. The van der Waals surface area contributed by atoms with Gasteiger partial charge in [0.2, 0.25) is 5.78 Å². The van der Waals surface area contributed by atoms with E-state index in [1.54, 1.807) is 22.8 Å². The van der Waals surface area contributed by atoms with Crippen LogP contribution in [0, 0.1) is 12.7 Å². The number of hydrogen-bond acceptors (Lipinski definition) is 7. The Morgan fingerprint density at radius 3 is 2.57 bits per heavy atom. The van der Waals surface area contributed by atoms with Gasteiger partial charge in [-0.2, -0.15) is 4.98 Å². The van der Waals surface area contributed by atoms with Crippen molar-refractivity contribution in [1.29, 1.82) is 0 Å². The molecule has 0 amide bonds. The van der Waals surface area contributed by atoms with Crippen LogP contribution in [0.25, 0.3) is 33.8 Å². The summed E-state index contributed by atoms with van der Waals surface area (Å²) < 4.78 is 22.0. The van der Waals surface area contributed by atoms with Crippen molar-refractivity contribution in [3.05, 3.63) is 100 Å². The summed E-state index contributed by atoms with van der Waals surface area (Å²) in [6, 6.07) is 20.9. The maximum atomic E-state index is 13.5. The Kier molecular flexibility index (Phi) is 5.14. The largest absolute Gasteiger partial charge is 0.334 e. The first kappa shape index (κ1) is 21.2. The molecule has 3 heterocycles. The second-order valence-electron chi connectivity index (χ2n) is 7.87. The summed E-state index contributed by atoms with van der Waals surface area (Å²) in [6.07, 6.45) is 0. The summed E-state index contributed by atoms with van der Waals surface area (Å²) >= 11 is 1.38. The molecular weight excluding hydrogens is 467 g/mol. The number of para-hydroxylation sites is 2. The second kappa shape index (κ2) is 8.48. The fourth-order valence-electron chi connectivity index (χ4n) is 3.96. The third-order valence-corrected chi connectivity index (χ3v) is 6.57. The van der Waals surface area contributed by atoms with Crippen LogP contribution in [0.2, 0.25) is 0 Å². The quantitative estimate of drug-likeness (QED) is 0.324. The second-order valence-corrected chi connectivity index (χ2v) is 8.82. The van der Waals surface area contributed by atoms with Gasteiger partial charge >= 0.3 is 0 Å². The van der Waals surface area contributed by atoms with E-state index >= 15 is 0 Å². The van der Waals surface area contributed by atoms with Gasteiger partial charge < -0.3 is 4.52 Å². The van der Waals surface area contributed by atoms with Crippen molar-refractivity contribution >= 4 is 28.4 Å². The Morgan fingerprint density at radius 2 is 1.74 bits per heavy atom. The van der Waals surface area contributed by atoms with Crippen LogP contribution >= 0.6 is 11.8 Å². The molecular formula is C25H17FN6O2S. The Labute approximate surface area is 202 Å². The highest BCUT2D eigenvalue weighted by molar-refractivity contribution is 7.98. The van der Waals surface area contributed by atoms with Crippen molar-refractivity contribution in [2.24, 2.45) is 0 Å². The highest BCUT2D eigenvalue weighted by Crippen LogP contribution is 2.26. The number of thioether (sulfide) groups is 1. The van der Waals surface area contributed by atoms with Crippen molar-refractivity contribution in [2.45, 2.75) is 17.8 Å². The standard InChI is InChI=1S/C25H17FN6O2S/c1-15-6-2-4-8-19(15)31-23(33)18-7-3-5-9-20(18)32-24(31)28-29-25(32)35-14-21-27-22(34-30-21)16-10-12-17(26)13-11-16/h2-13H,14H2,1H3. The number of nitrogens with zero attached hydrogens (tertiary/aromatic N) is 6. The molecule has 0 atom stereocenters. The minimum atomic E-state index is -0.334. The van der Waals surface area contributed by atoms with Gasteiger partial charge in [-0.15, -0.1) is 10.2 Å². The predicted molar refractivity (Wildman–Crippen MR) is 130 cm³/mol. The van der Waals surface area contributed by atoms with Crippen LogP contribution in [0.5, 0.6) is 0 Å². The lowest BCUT2D eigenvalue weighted by molar-refractivity contribution is 0.425. The Bertz CT molecular complexity index is 1760. The van der Waals surface area contributed by atoms with Gasteiger partial charge in [0.15, 0.2) is 11.0 Å². The van der Waals surface area contributed by atoms with E-state index in [2.05, 4.69) is 20.3 Å². The number of aryl methyl sites for hydroxylation is 1. The predicted octanol–water partition coefficient (Wildman–Crippen LogP) is 4.82. The van der Waals surface area contributed by atoms with Crippen molar-refractivity contribution in [1.82, 2.24) is 29.3 Å². The van der Waals surface area contributed by atoms with E-state index in [0.717, 1.165) is 11.3 Å². The van der Waals surface area contributed by atoms with E-state index in [-0.39, 0.29) is 11.4 Å². The molecule has 0 saturated heterocycles. The maximum Gasteiger partial charge on any atom is 0.267 e. The first-order chi connectivity index (χ1) is 17.1. The van der Waals surface area contributed by atoms with Crippen LogP contribution in [-0.4, -0.2) is 29.3 Å². The van der Waals surface area contributed by atoms with Gasteiger partial charge in [-0.3, -0.25) is 9.20 Å². The van der Waals surface area contributed by atoms with Gasteiger partial charge in [-0.1, -0.05) is 47.3 Å². The van der Waals surface area contributed by atoms with Crippen LogP contribution < -0.4 is 5.56 Å². The van der Waals surface area contributed by atoms with Crippen molar-refractivity contribution in [2.75, 3.05) is 0 Å². The lowest BCUT2D eigenvalue weighted by Crippen LogP contribution is -2.22. The number of halogens is 1. The van der Waals surface area contributed by atoms with Crippen molar-refractivity contribution in [3.8, 4) is 17.1 Å². The number of fused-ring (bicyclic) bond motifs is 3. The smallest absolute Gasteiger partial charge is 0.267 e. The maximum absolute atomic E-state index is 13.5. The molecule has 172 valence electrons. The molecule has 8 nitrogen and oxygen atoms in total. The molecule has 35 heavy (non-hydrogen) atoms. The number of rotatable bonds is 5. The molecule has 0 saturated carbocycles. The van der Waals surface area contributed by atoms with Crippen LogP contribution in [0.3, 0.4) is 0 Å². The molecule has 0 aliphatic carbocycles. The zero-order chi connectivity index (χ0) is 23.9. The first-order valence-corrected chi connectivity index (χ1v) is 11.7. The van der Waals surface area contributed by atoms with E-state index in [0.29, 0.717) is 44.9 Å². The van der Waals surface area contributed by atoms with Crippen LogP contribution in [0.4, 0.5) is 4.39 Å². The first-order valence-electron chi connectivity index (χ1n) is 10.8. The third kappa shape index (κ3) is 3.68. The zero-order valence-electron chi connectivity index (χ0n) is 18.4. The van der Waals surface area contributed by atoms with E-state index in [1.165, 1.54) is 23.9 Å². The molecule has 3 aromatic carbocycles.